The van der Waals surface area contributed by atoms with Crippen molar-refractivity contribution in [3.63, 3.8) is 0 Å². The van der Waals surface area contributed by atoms with Crippen LogP contribution in [0.2, 0.25) is 0 Å². The molecule has 3 N–H and O–H groups in total. The molecule has 0 aliphatic carbocycles. The largest absolute Gasteiger partial charge is 0.345 e. The summed E-state index contributed by atoms with van der Waals surface area (Å²) < 4.78 is 25.7. The van der Waals surface area contributed by atoms with Gasteiger partial charge in [0.1, 0.15) is 6.34 Å². The molecule has 1 aromatic rings. The van der Waals surface area contributed by atoms with Crippen LogP contribution in [0.3, 0.4) is 0 Å². The highest BCUT2D eigenvalue weighted by Gasteiger charge is 2.10. The minimum atomic E-state index is -3.47. The summed E-state index contributed by atoms with van der Waals surface area (Å²) in [4.78, 5) is 0.902. The maximum atomic E-state index is 10.9. The van der Waals surface area contributed by atoms with Gasteiger partial charge in [-0.3, -0.25) is 0 Å². The van der Waals surface area contributed by atoms with E-state index in [1.165, 1.54) is 11.9 Å². The maximum Gasteiger partial charge on any atom is 0.213 e. The molecule has 0 saturated carbocycles. The van der Waals surface area contributed by atoms with Crippen LogP contribution in [-0.4, -0.2) is 14.8 Å². The monoisotopic (exact) mass is 243 g/mol. The van der Waals surface area contributed by atoms with Crippen molar-refractivity contribution >= 4 is 34.0 Å². The number of nitrogens with zero attached hydrogens (tertiary/aromatic N) is 1. The van der Waals surface area contributed by atoms with Gasteiger partial charge in [0.25, 0.3) is 0 Å². The minimum absolute atomic E-state index is 0.148. The lowest BCUT2D eigenvalue weighted by atomic mass is 10.2. The van der Waals surface area contributed by atoms with Gasteiger partial charge in [0.15, 0.2) is 0 Å². The average Bonchev–Trinajstić information content (AvgIpc) is 2.15. The Morgan fingerprint density at radius 1 is 1.47 bits per heavy atom. The average molecular weight is 243 g/mol. The number of anilines is 1. The fourth-order valence-electron chi connectivity index (χ4n) is 1.26. The lowest BCUT2D eigenvalue weighted by Crippen LogP contribution is -2.14. The lowest BCUT2D eigenvalue weighted by molar-refractivity contribution is 0.597. The summed E-state index contributed by atoms with van der Waals surface area (Å²) >= 11 is 1.30. The van der Waals surface area contributed by atoms with Gasteiger partial charge in [-0.2, -0.15) is 0 Å². The predicted molar refractivity (Wildman–Crippen MR) is 61.2 cm³/mol. The fourth-order valence-corrected chi connectivity index (χ4v) is 2.56. The molecule has 1 aliphatic heterocycles. The van der Waals surface area contributed by atoms with Crippen molar-refractivity contribution in [2.45, 2.75) is 10.6 Å². The number of hydrogen-bond donors (Lipinski definition) is 2. The Bertz CT molecular complexity index is 511. The van der Waals surface area contributed by atoms with E-state index in [4.69, 9.17) is 5.14 Å². The highest BCUT2D eigenvalue weighted by atomic mass is 32.2. The summed E-state index contributed by atoms with van der Waals surface area (Å²) in [5.74, 6) is -0.148. The van der Waals surface area contributed by atoms with Crippen LogP contribution in [0.25, 0.3) is 0 Å². The summed E-state index contributed by atoms with van der Waals surface area (Å²) in [7, 11) is -3.47. The first-order chi connectivity index (χ1) is 7.04. The van der Waals surface area contributed by atoms with Crippen molar-refractivity contribution in [3.8, 4) is 0 Å². The quantitative estimate of drug-likeness (QED) is 0.757. The van der Waals surface area contributed by atoms with E-state index in [0.717, 1.165) is 10.6 Å². The second kappa shape index (κ2) is 3.84. The Morgan fingerprint density at radius 2 is 2.27 bits per heavy atom. The predicted octanol–water partition coefficient (Wildman–Crippen LogP) is 0.936. The van der Waals surface area contributed by atoms with Gasteiger partial charge in [-0.15, -0.1) is 0 Å². The van der Waals surface area contributed by atoms with Crippen molar-refractivity contribution in [1.82, 2.24) is 0 Å². The van der Waals surface area contributed by atoms with E-state index < -0.39 is 10.0 Å². The zero-order valence-corrected chi connectivity index (χ0v) is 9.31. The van der Waals surface area contributed by atoms with E-state index in [1.54, 1.807) is 18.5 Å². The van der Waals surface area contributed by atoms with Crippen molar-refractivity contribution in [3.05, 3.63) is 23.8 Å². The SMILES string of the molecule is NS(=O)(=O)Cc1ccc2c(c1)SN=CN2. The molecular formula is C8H9N3O2S2. The first-order valence-corrected chi connectivity index (χ1v) is 6.62. The molecule has 0 amide bonds. The number of hydrogen-bond acceptors (Lipinski definition) is 5. The normalized spacial score (nSPS) is 14.5. The van der Waals surface area contributed by atoms with Crippen molar-refractivity contribution in [1.29, 1.82) is 0 Å². The third-order valence-electron chi connectivity index (χ3n) is 1.84. The van der Waals surface area contributed by atoms with Crippen LogP contribution in [0, 0.1) is 0 Å². The van der Waals surface area contributed by atoms with Gasteiger partial charge in [-0.05, 0) is 17.7 Å². The molecule has 2 rings (SSSR count). The number of rotatable bonds is 2. The second-order valence-corrected chi connectivity index (χ2v) is 5.56. The molecule has 0 radical (unpaired) electrons. The number of primary sulfonamides is 1. The Kier molecular flexibility index (Phi) is 2.68. The molecule has 0 spiro atoms. The first kappa shape index (κ1) is 10.5. The van der Waals surface area contributed by atoms with Crippen LogP contribution in [-0.2, 0) is 15.8 Å². The number of sulfonamides is 1. The zero-order valence-electron chi connectivity index (χ0n) is 7.67. The highest BCUT2D eigenvalue weighted by molar-refractivity contribution is 7.98. The van der Waals surface area contributed by atoms with E-state index in [1.807, 2.05) is 6.07 Å². The molecule has 0 aromatic heterocycles. The molecule has 0 atom stereocenters. The van der Waals surface area contributed by atoms with E-state index in [9.17, 15) is 8.42 Å². The molecular weight excluding hydrogens is 234 g/mol. The van der Waals surface area contributed by atoms with Gasteiger partial charge in [0.2, 0.25) is 10.0 Å². The molecule has 1 aromatic carbocycles. The van der Waals surface area contributed by atoms with Crippen molar-refractivity contribution in [2.75, 3.05) is 5.32 Å². The van der Waals surface area contributed by atoms with Crippen LogP contribution in [0.5, 0.6) is 0 Å². The smallest absolute Gasteiger partial charge is 0.213 e. The summed E-state index contributed by atoms with van der Waals surface area (Å²) in [6.07, 6.45) is 1.59. The van der Waals surface area contributed by atoms with Crippen LogP contribution < -0.4 is 10.5 Å². The van der Waals surface area contributed by atoms with E-state index in [0.29, 0.717) is 5.56 Å². The summed E-state index contributed by atoms with van der Waals surface area (Å²) in [6, 6.07) is 5.32. The molecule has 1 aliphatic rings. The van der Waals surface area contributed by atoms with Crippen LogP contribution in [0.15, 0.2) is 27.5 Å². The standard InChI is InChI=1S/C8H9N3O2S2/c9-15(12,13)4-6-1-2-7-8(3-6)14-11-5-10-7/h1-3,5H,4H2,(H,10,11)(H2,9,12,13). The fraction of sp³-hybridized carbons (Fsp3) is 0.125. The third kappa shape index (κ3) is 2.71. The maximum absolute atomic E-state index is 10.9. The Hall–Kier alpha value is -1.05. The van der Waals surface area contributed by atoms with Gasteiger partial charge in [-0.25, -0.2) is 18.0 Å². The number of benzene rings is 1. The molecule has 0 unspecified atom stereocenters. The van der Waals surface area contributed by atoms with Gasteiger partial charge in [-0.1, -0.05) is 6.07 Å². The Morgan fingerprint density at radius 3 is 3.00 bits per heavy atom. The van der Waals surface area contributed by atoms with E-state index in [2.05, 4.69) is 9.71 Å². The zero-order chi connectivity index (χ0) is 10.9. The topological polar surface area (TPSA) is 84.6 Å². The third-order valence-corrected chi connectivity index (χ3v) is 3.32. The van der Waals surface area contributed by atoms with Gasteiger partial charge in [0.05, 0.1) is 16.3 Å². The summed E-state index contributed by atoms with van der Waals surface area (Å²) in [6.45, 7) is 0. The molecule has 7 heteroatoms. The number of fused-ring (bicyclic) bond motifs is 1. The van der Waals surface area contributed by atoms with Crippen molar-refractivity contribution < 1.29 is 8.42 Å². The molecule has 0 bridgehead atoms. The van der Waals surface area contributed by atoms with Crippen LogP contribution in [0.4, 0.5) is 5.69 Å². The molecule has 80 valence electrons. The number of nitrogens with one attached hydrogen (secondary N) is 1. The van der Waals surface area contributed by atoms with E-state index in [-0.39, 0.29) is 5.75 Å². The Labute approximate surface area is 92.0 Å². The van der Waals surface area contributed by atoms with Gasteiger partial charge >= 0.3 is 0 Å². The lowest BCUT2D eigenvalue weighted by Gasteiger charge is -2.11. The second-order valence-electron chi connectivity index (χ2n) is 3.11. The first-order valence-electron chi connectivity index (χ1n) is 4.13. The summed E-state index contributed by atoms with van der Waals surface area (Å²) in [5.41, 5.74) is 1.59. The van der Waals surface area contributed by atoms with Crippen molar-refractivity contribution in [2.24, 2.45) is 9.54 Å². The van der Waals surface area contributed by atoms with Crippen LogP contribution in [0.1, 0.15) is 5.56 Å². The highest BCUT2D eigenvalue weighted by Crippen LogP contribution is 2.31. The summed E-state index contributed by atoms with van der Waals surface area (Å²) in [5, 5.41) is 7.92. The molecule has 15 heavy (non-hydrogen) atoms. The van der Waals surface area contributed by atoms with E-state index >= 15 is 0 Å². The molecule has 0 fully saturated rings. The minimum Gasteiger partial charge on any atom is -0.345 e. The number of nitrogens with two attached hydrogens (primary N) is 1. The van der Waals surface area contributed by atoms with Gasteiger partial charge in [0, 0.05) is 11.9 Å². The molecule has 0 saturated heterocycles. The molecule has 1 heterocycles. The molecule has 5 nitrogen and oxygen atoms in total. The van der Waals surface area contributed by atoms with Crippen LogP contribution >= 0.6 is 11.9 Å². The van der Waals surface area contributed by atoms with Gasteiger partial charge < -0.3 is 5.32 Å². The Balaban J connectivity index is 2.30.